The normalized spacial score (nSPS) is 11.3. The average Bonchev–Trinajstić information content (AvgIpc) is 1.82. The van der Waals surface area contributed by atoms with E-state index in [0.717, 1.165) is 12.8 Å². The maximum atomic E-state index is 8.50. The van der Waals surface area contributed by atoms with Crippen molar-refractivity contribution in [3.05, 3.63) is 0 Å². The Morgan fingerprint density at radius 1 is 1.33 bits per heavy atom. The monoisotopic (exact) mass is 242 g/mol. The van der Waals surface area contributed by atoms with Gasteiger partial charge < -0.3 is 0 Å². The first-order chi connectivity index (χ1) is 4.20. The van der Waals surface area contributed by atoms with Crippen LogP contribution in [0.3, 0.4) is 0 Å². The summed E-state index contributed by atoms with van der Waals surface area (Å²) in [7, 11) is 0. The van der Waals surface area contributed by atoms with Crippen LogP contribution in [0, 0.1) is 0 Å². The molecule has 0 radical (unpaired) electrons. The molecular weight excluding hydrogens is 230 g/mol. The molecule has 0 aromatic carbocycles. The first kappa shape index (κ1) is 9.70. The molecule has 4 heteroatoms. The predicted octanol–water partition coefficient (Wildman–Crippen LogP) is 0.161. The van der Waals surface area contributed by atoms with Gasteiger partial charge in [-0.25, -0.2) is 0 Å². The van der Waals surface area contributed by atoms with Crippen LogP contribution in [0.2, 0.25) is 0 Å². The van der Waals surface area contributed by atoms with Gasteiger partial charge in [0, 0.05) is 0 Å². The molecule has 0 aromatic heterocycles. The average molecular weight is 243 g/mol. The Labute approximate surface area is 64.3 Å². The molecule has 0 bridgehead atoms. The summed E-state index contributed by atoms with van der Waals surface area (Å²) in [5, 5.41) is 0. The zero-order chi connectivity index (χ0) is 7.28. The van der Waals surface area contributed by atoms with Gasteiger partial charge in [0.15, 0.2) is 0 Å². The summed E-state index contributed by atoms with van der Waals surface area (Å²) >= 11 is -3.13. The zero-order valence-corrected chi connectivity index (χ0v) is 8.29. The molecule has 0 saturated carbocycles. The van der Waals surface area contributed by atoms with Crippen LogP contribution in [0.25, 0.3) is 0 Å². The van der Waals surface area contributed by atoms with E-state index in [2.05, 4.69) is 0 Å². The molecule has 0 unspecified atom stereocenters. The molecular formula is C5H13O3Sb. The van der Waals surface area contributed by atoms with Crippen LogP contribution in [0.1, 0.15) is 26.7 Å². The predicted molar refractivity (Wildman–Crippen MR) is 35.6 cm³/mol. The van der Waals surface area contributed by atoms with E-state index in [9.17, 15) is 0 Å². The molecule has 9 heavy (non-hydrogen) atoms. The van der Waals surface area contributed by atoms with E-state index < -0.39 is 21.5 Å². The third-order valence-corrected chi connectivity index (χ3v) is 2.54. The molecule has 0 aromatic rings. The molecule has 0 aliphatic carbocycles. The van der Waals surface area contributed by atoms with E-state index in [1.807, 2.05) is 13.8 Å². The van der Waals surface area contributed by atoms with E-state index in [-0.39, 0.29) is 6.10 Å². The second-order valence-electron chi connectivity index (χ2n) is 1.80. The van der Waals surface area contributed by atoms with Crippen molar-refractivity contribution in [1.82, 2.24) is 0 Å². The minimum absolute atomic E-state index is 0.0583. The molecule has 0 saturated heterocycles. The molecule has 0 spiro atoms. The summed E-state index contributed by atoms with van der Waals surface area (Å²) in [6, 6.07) is 0. The number of hydrogen-bond donors (Lipinski definition) is 2. The van der Waals surface area contributed by atoms with Crippen molar-refractivity contribution < 1.29 is 9.79 Å². The molecule has 3 nitrogen and oxygen atoms in total. The van der Waals surface area contributed by atoms with Crippen LogP contribution >= 0.6 is 0 Å². The molecule has 0 amide bonds. The van der Waals surface area contributed by atoms with E-state index in [0.29, 0.717) is 0 Å². The molecule has 0 atom stereocenters. The standard InChI is InChI=1S/C5H11O.2H2O.Sb/c1-3-5(6)4-2;;;/h5H,3-4H2,1-2H3;2*1H2;/q-1;;;+3/p-2. The van der Waals surface area contributed by atoms with Gasteiger partial charge in [-0.15, -0.1) is 0 Å². The van der Waals surface area contributed by atoms with Crippen molar-refractivity contribution >= 4 is 21.5 Å². The van der Waals surface area contributed by atoms with Crippen molar-refractivity contribution in [2.45, 2.75) is 32.8 Å². The van der Waals surface area contributed by atoms with Gasteiger partial charge in [-0.1, -0.05) is 0 Å². The van der Waals surface area contributed by atoms with Gasteiger partial charge in [0.05, 0.1) is 0 Å². The summed E-state index contributed by atoms with van der Waals surface area (Å²) in [5.41, 5.74) is 0. The second-order valence-corrected chi connectivity index (χ2v) is 3.84. The molecule has 0 heterocycles. The van der Waals surface area contributed by atoms with Crippen molar-refractivity contribution in [3.8, 4) is 0 Å². The molecule has 2 N–H and O–H groups in total. The fourth-order valence-corrected chi connectivity index (χ4v) is 2.18. The van der Waals surface area contributed by atoms with Crippen LogP contribution < -0.4 is 0 Å². The van der Waals surface area contributed by atoms with Gasteiger partial charge in [0.25, 0.3) is 0 Å². The quantitative estimate of drug-likeness (QED) is 0.691. The van der Waals surface area contributed by atoms with Crippen molar-refractivity contribution in [2.75, 3.05) is 0 Å². The Kier molecular flexibility index (Phi) is 5.91. The van der Waals surface area contributed by atoms with Crippen molar-refractivity contribution in [1.29, 1.82) is 0 Å². The summed E-state index contributed by atoms with van der Waals surface area (Å²) < 4.78 is 21.8. The van der Waals surface area contributed by atoms with Gasteiger partial charge >= 0.3 is 64.0 Å². The van der Waals surface area contributed by atoms with E-state index in [1.165, 1.54) is 0 Å². The summed E-state index contributed by atoms with van der Waals surface area (Å²) in [5.74, 6) is 0. The fourth-order valence-electron chi connectivity index (χ4n) is 0.571. The van der Waals surface area contributed by atoms with Gasteiger partial charge in [0.2, 0.25) is 0 Å². The maximum absolute atomic E-state index is 8.50. The molecule has 0 aliphatic rings. The van der Waals surface area contributed by atoms with E-state index >= 15 is 0 Å². The fraction of sp³-hybridized carbons (Fsp3) is 1.00. The Hall–Kier alpha value is 0.698. The Morgan fingerprint density at radius 2 is 1.78 bits per heavy atom. The van der Waals surface area contributed by atoms with Crippen LogP contribution in [0.5, 0.6) is 0 Å². The summed E-state index contributed by atoms with van der Waals surface area (Å²) in [6.07, 6.45) is 1.78. The first-order valence-corrected chi connectivity index (χ1v) is 6.37. The molecule has 0 aliphatic heterocycles. The number of rotatable bonds is 4. The van der Waals surface area contributed by atoms with Gasteiger partial charge in [-0.05, 0) is 0 Å². The Bertz CT molecular complexity index is 63.2. The third-order valence-electron chi connectivity index (χ3n) is 1.15. The molecule has 56 valence electrons. The SMILES string of the molecule is CCC(CC)[O][Sb]([OH])[OH]. The van der Waals surface area contributed by atoms with Gasteiger partial charge in [-0.3, -0.25) is 0 Å². The minimum atomic E-state index is -3.13. The van der Waals surface area contributed by atoms with E-state index in [4.69, 9.17) is 9.79 Å². The molecule has 0 rings (SSSR count). The Balaban J connectivity index is 3.31. The van der Waals surface area contributed by atoms with Gasteiger partial charge in [0.1, 0.15) is 0 Å². The first-order valence-electron chi connectivity index (χ1n) is 3.05. The second kappa shape index (κ2) is 5.48. The summed E-state index contributed by atoms with van der Waals surface area (Å²) in [4.78, 5) is 0. The van der Waals surface area contributed by atoms with Crippen molar-refractivity contribution in [2.24, 2.45) is 0 Å². The molecule has 0 fully saturated rings. The van der Waals surface area contributed by atoms with Crippen LogP contribution in [-0.4, -0.2) is 34.3 Å². The van der Waals surface area contributed by atoms with Crippen LogP contribution in [0.15, 0.2) is 0 Å². The van der Waals surface area contributed by atoms with Gasteiger partial charge in [-0.2, -0.15) is 0 Å². The Morgan fingerprint density at radius 3 is 1.89 bits per heavy atom. The number of hydrogen-bond acceptors (Lipinski definition) is 3. The topological polar surface area (TPSA) is 49.7 Å². The van der Waals surface area contributed by atoms with Crippen LogP contribution in [0.4, 0.5) is 0 Å². The zero-order valence-electron chi connectivity index (χ0n) is 5.74. The third kappa shape index (κ3) is 5.16. The van der Waals surface area contributed by atoms with E-state index in [1.54, 1.807) is 0 Å². The van der Waals surface area contributed by atoms with Crippen molar-refractivity contribution in [3.63, 3.8) is 0 Å². The van der Waals surface area contributed by atoms with Crippen LogP contribution in [-0.2, 0) is 3.02 Å². The summed E-state index contributed by atoms with van der Waals surface area (Å²) in [6.45, 7) is 3.94.